The molecular formula is C22H21ClN2O3S. The fraction of sp³-hybridized carbons (Fsp3) is 0.136. The highest BCUT2D eigenvalue weighted by molar-refractivity contribution is 7.89. The minimum Gasteiger partial charge on any atom is -0.325 e. The fourth-order valence-electron chi connectivity index (χ4n) is 2.87. The summed E-state index contributed by atoms with van der Waals surface area (Å²) in [6.07, 6.45) is 0. The van der Waals surface area contributed by atoms with Crippen LogP contribution in [0.5, 0.6) is 0 Å². The minimum atomic E-state index is -3.85. The van der Waals surface area contributed by atoms with Gasteiger partial charge in [-0.1, -0.05) is 60.1 Å². The van der Waals surface area contributed by atoms with E-state index in [1.165, 1.54) is 16.4 Å². The van der Waals surface area contributed by atoms with Crippen molar-refractivity contribution in [3.63, 3.8) is 0 Å². The molecule has 3 aromatic rings. The monoisotopic (exact) mass is 428 g/mol. The van der Waals surface area contributed by atoms with E-state index in [1.54, 1.807) is 36.4 Å². The van der Waals surface area contributed by atoms with Crippen LogP contribution in [0.2, 0.25) is 5.02 Å². The molecule has 3 rings (SSSR count). The number of sulfonamides is 1. The molecule has 0 aromatic heterocycles. The summed E-state index contributed by atoms with van der Waals surface area (Å²) in [6.45, 7) is 1.60. The van der Waals surface area contributed by atoms with Gasteiger partial charge in [-0.25, -0.2) is 8.42 Å². The average molecular weight is 429 g/mol. The van der Waals surface area contributed by atoms with Gasteiger partial charge in [0.25, 0.3) is 0 Å². The SMILES string of the molecule is Cc1cc(Cl)ccc1NC(=O)CN(Cc1ccccc1)S(=O)(=O)c1ccccc1. The Morgan fingerprint density at radius 2 is 1.59 bits per heavy atom. The number of amides is 1. The van der Waals surface area contributed by atoms with Crippen LogP contribution in [0.25, 0.3) is 0 Å². The Morgan fingerprint density at radius 1 is 0.966 bits per heavy atom. The van der Waals surface area contributed by atoms with Crippen LogP contribution in [0, 0.1) is 6.92 Å². The molecule has 0 aliphatic heterocycles. The number of benzene rings is 3. The maximum absolute atomic E-state index is 13.2. The second kappa shape index (κ2) is 9.22. The van der Waals surface area contributed by atoms with Crippen LogP contribution >= 0.6 is 11.6 Å². The molecule has 1 amide bonds. The van der Waals surface area contributed by atoms with E-state index in [1.807, 2.05) is 37.3 Å². The third-order valence-corrected chi connectivity index (χ3v) is 6.41. The molecule has 29 heavy (non-hydrogen) atoms. The number of hydrogen-bond acceptors (Lipinski definition) is 3. The maximum atomic E-state index is 13.2. The number of nitrogens with zero attached hydrogens (tertiary/aromatic N) is 1. The number of aryl methyl sites for hydroxylation is 1. The van der Waals surface area contributed by atoms with Gasteiger partial charge in [-0.3, -0.25) is 4.79 Å². The Balaban J connectivity index is 1.85. The van der Waals surface area contributed by atoms with Gasteiger partial charge in [0.1, 0.15) is 0 Å². The highest BCUT2D eigenvalue weighted by atomic mass is 35.5. The lowest BCUT2D eigenvalue weighted by Gasteiger charge is -2.22. The van der Waals surface area contributed by atoms with Crippen molar-refractivity contribution >= 4 is 33.2 Å². The van der Waals surface area contributed by atoms with Crippen molar-refractivity contribution in [1.29, 1.82) is 0 Å². The molecule has 0 spiro atoms. The lowest BCUT2D eigenvalue weighted by atomic mass is 10.2. The van der Waals surface area contributed by atoms with E-state index in [4.69, 9.17) is 11.6 Å². The van der Waals surface area contributed by atoms with Crippen LogP contribution < -0.4 is 5.32 Å². The average Bonchev–Trinajstić information content (AvgIpc) is 2.71. The summed E-state index contributed by atoms with van der Waals surface area (Å²) in [7, 11) is -3.85. The van der Waals surface area contributed by atoms with E-state index in [0.29, 0.717) is 10.7 Å². The predicted octanol–water partition coefficient (Wildman–Crippen LogP) is 4.48. The molecule has 0 heterocycles. The molecule has 3 aromatic carbocycles. The highest BCUT2D eigenvalue weighted by Crippen LogP contribution is 2.21. The Bertz CT molecular complexity index is 1090. The van der Waals surface area contributed by atoms with Crippen molar-refractivity contribution in [2.24, 2.45) is 0 Å². The molecule has 0 fully saturated rings. The van der Waals surface area contributed by atoms with Crippen LogP contribution in [0.1, 0.15) is 11.1 Å². The number of carbonyl (C=O) groups is 1. The molecule has 0 atom stereocenters. The van der Waals surface area contributed by atoms with E-state index in [0.717, 1.165) is 11.1 Å². The van der Waals surface area contributed by atoms with Gasteiger partial charge in [0, 0.05) is 17.3 Å². The third-order valence-electron chi connectivity index (χ3n) is 4.37. The van der Waals surface area contributed by atoms with Gasteiger partial charge >= 0.3 is 0 Å². The molecule has 0 bridgehead atoms. The highest BCUT2D eigenvalue weighted by Gasteiger charge is 2.27. The van der Waals surface area contributed by atoms with Gasteiger partial charge in [0.15, 0.2) is 0 Å². The van der Waals surface area contributed by atoms with Gasteiger partial charge in [-0.05, 0) is 48.4 Å². The number of hydrogen-bond donors (Lipinski definition) is 1. The molecule has 0 radical (unpaired) electrons. The molecule has 0 saturated carbocycles. The molecule has 1 N–H and O–H groups in total. The Hall–Kier alpha value is -2.67. The molecule has 0 unspecified atom stereocenters. The summed E-state index contributed by atoms with van der Waals surface area (Å²) in [5, 5.41) is 3.34. The van der Waals surface area contributed by atoms with Gasteiger partial charge in [-0.15, -0.1) is 0 Å². The summed E-state index contributed by atoms with van der Waals surface area (Å²) in [5.74, 6) is -0.425. The van der Waals surface area contributed by atoms with E-state index in [-0.39, 0.29) is 18.0 Å². The summed E-state index contributed by atoms with van der Waals surface area (Å²) in [4.78, 5) is 12.8. The van der Waals surface area contributed by atoms with Crippen molar-refractivity contribution in [1.82, 2.24) is 4.31 Å². The molecule has 7 heteroatoms. The first-order chi connectivity index (χ1) is 13.9. The first kappa shape index (κ1) is 21.0. The van der Waals surface area contributed by atoms with Crippen molar-refractivity contribution in [3.8, 4) is 0 Å². The summed E-state index contributed by atoms with van der Waals surface area (Å²) in [6, 6.07) is 22.4. The van der Waals surface area contributed by atoms with Crippen LogP contribution in [0.4, 0.5) is 5.69 Å². The second-order valence-electron chi connectivity index (χ2n) is 6.58. The molecule has 150 valence electrons. The second-order valence-corrected chi connectivity index (χ2v) is 8.95. The van der Waals surface area contributed by atoms with Gasteiger partial charge in [-0.2, -0.15) is 4.31 Å². The quantitative estimate of drug-likeness (QED) is 0.603. The molecule has 0 aliphatic rings. The standard InChI is InChI=1S/C22H21ClN2O3S/c1-17-14-19(23)12-13-21(17)24-22(26)16-25(15-18-8-4-2-5-9-18)29(27,28)20-10-6-3-7-11-20/h2-14H,15-16H2,1H3,(H,24,26). The van der Waals surface area contributed by atoms with Crippen molar-refractivity contribution in [2.45, 2.75) is 18.4 Å². The molecule has 0 saturated heterocycles. The Labute approximate surface area is 176 Å². The van der Waals surface area contributed by atoms with Crippen LogP contribution in [-0.2, 0) is 21.4 Å². The van der Waals surface area contributed by atoms with E-state index in [2.05, 4.69) is 5.32 Å². The first-order valence-electron chi connectivity index (χ1n) is 9.01. The van der Waals surface area contributed by atoms with Gasteiger partial charge < -0.3 is 5.32 Å². The zero-order chi connectivity index (χ0) is 20.9. The number of carbonyl (C=O) groups excluding carboxylic acids is 1. The minimum absolute atomic E-state index is 0.0884. The molecule has 5 nitrogen and oxygen atoms in total. The number of rotatable bonds is 7. The Kier molecular flexibility index (Phi) is 6.69. The number of anilines is 1. The molecule has 0 aliphatic carbocycles. The van der Waals surface area contributed by atoms with Gasteiger partial charge in [0.05, 0.1) is 11.4 Å². The summed E-state index contributed by atoms with van der Waals surface area (Å²) < 4.78 is 27.5. The van der Waals surface area contributed by atoms with E-state index >= 15 is 0 Å². The summed E-state index contributed by atoms with van der Waals surface area (Å²) >= 11 is 5.96. The molecular weight excluding hydrogens is 408 g/mol. The van der Waals surface area contributed by atoms with E-state index in [9.17, 15) is 13.2 Å². The zero-order valence-corrected chi connectivity index (χ0v) is 17.5. The van der Waals surface area contributed by atoms with Gasteiger partial charge in [0.2, 0.25) is 15.9 Å². The Morgan fingerprint density at radius 3 is 2.21 bits per heavy atom. The van der Waals surface area contributed by atoms with Crippen molar-refractivity contribution in [3.05, 3.63) is 95.0 Å². The lowest BCUT2D eigenvalue weighted by Crippen LogP contribution is -2.37. The number of nitrogens with one attached hydrogen (secondary N) is 1. The lowest BCUT2D eigenvalue weighted by molar-refractivity contribution is -0.116. The normalized spacial score (nSPS) is 11.4. The largest absolute Gasteiger partial charge is 0.325 e. The van der Waals surface area contributed by atoms with E-state index < -0.39 is 15.9 Å². The third kappa shape index (κ3) is 5.44. The van der Waals surface area contributed by atoms with Crippen LogP contribution in [-0.4, -0.2) is 25.2 Å². The van der Waals surface area contributed by atoms with Crippen molar-refractivity contribution < 1.29 is 13.2 Å². The smallest absolute Gasteiger partial charge is 0.243 e. The van der Waals surface area contributed by atoms with Crippen LogP contribution in [0.15, 0.2) is 83.8 Å². The number of halogens is 1. The maximum Gasteiger partial charge on any atom is 0.243 e. The first-order valence-corrected chi connectivity index (χ1v) is 10.8. The predicted molar refractivity (Wildman–Crippen MR) is 115 cm³/mol. The summed E-state index contributed by atoms with van der Waals surface area (Å²) in [5.41, 5.74) is 2.19. The van der Waals surface area contributed by atoms with Crippen molar-refractivity contribution in [2.75, 3.05) is 11.9 Å². The topological polar surface area (TPSA) is 66.5 Å². The fourth-order valence-corrected chi connectivity index (χ4v) is 4.50. The van der Waals surface area contributed by atoms with Crippen LogP contribution in [0.3, 0.4) is 0 Å². The zero-order valence-electron chi connectivity index (χ0n) is 15.9.